The van der Waals surface area contributed by atoms with Crippen LogP contribution in [0.2, 0.25) is 0 Å². The van der Waals surface area contributed by atoms with Crippen LogP contribution in [-0.4, -0.2) is 17.6 Å². The Morgan fingerprint density at radius 1 is 1.60 bits per heavy atom. The van der Waals surface area contributed by atoms with Gasteiger partial charge < -0.3 is 10.4 Å². The van der Waals surface area contributed by atoms with E-state index in [-0.39, 0.29) is 18.3 Å². The van der Waals surface area contributed by atoms with E-state index in [9.17, 15) is 9.18 Å². The summed E-state index contributed by atoms with van der Waals surface area (Å²) in [5.74, 6) is -1.10. The summed E-state index contributed by atoms with van der Waals surface area (Å²) in [5, 5.41) is 11.8. The summed E-state index contributed by atoms with van der Waals surface area (Å²) in [4.78, 5) is 10.6. The van der Waals surface area contributed by atoms with E-state index in [1.807, 2.05) is 0 Å². The molecule has 0 aromatic heterocycles. The van der Waals surface area contributed by atoms with Crippen LogP contribution in [0.1, 0.15) is 23.6 Å². The minimum atomic E-state index is -0.871. The van der Waals surface area contributed by atoms with Gasteiger partial charge in [-0.2, -0.15) is 0 Å². The van der Waals surface area contributed by atoms with Crippen LogP contribution < -0.4 is 5.32 Å². The first-order valence-electron chi connectivity index (χ1n) is 4.91. The van der Waals surface area contributed by atoms with Crippen molar-refractivity contribution in [2.24, 2.45) is 0 Å². The zero-order chi connectivity index (χ0) is 10.8. The highest BCUT2D eigenvalue weighted by Crippen LogP contribution is 2.26. The maximum absolute atomic E-state index is 13.4. The molecule has 1 aliphatic heterocycles. The molecule has 1 atom stereocenters. The van der Waals surface area contributed by atoms with Gasteiger partial charge in [-0.05, 0) is 30.2 Å². The van der Waals surface area contributed by atoms with E-state index in [0.717, 1.165) is 5.56 Å². The van der Waals surface area contributed by atoms with Crippen LogP contribution in [-0.2, 0) is 11.2 Å². The Morgan fingerprint density at radius 3 is 3.13 bits per heavy atom. The van der Waals surface area contributed by atoms with Gasteiger partial charge in [0.1, 0.15) is 5.82 Å². The number of fused-ring (bicyclic) bond motifs is 1. The van der Waals surface area contributed by atoms with Crippen molar-refractivity contribution in [2.45, 2.75) is 18.9 Å². The van der Waals surface area contributed by atoms with Gasteiger partial charge >= 0.3 is 5.97 Å². The lowest BCUT2D eigenvalue weighted by molar-refractivity contribution is -0.137. The molecule has 2 rings (SSSR count). The maximum atomic E-state index is 13.4. The molecule has 1 aromatic rings. The summed E-state index contributed by atoms with van der Waals surface area (Å²) in [6.07, 6.45) is 0.620. The first kappa shape index (κ1) is 10.1. The third-order valence-corrected chi connectivity index (χ3v) is 2.67. The molecule has 15 heavy (non-hydrogen) atoms. The summed E-state index contributed by atoms with van der Waals surface area (Å²) in [6.45, 7) is 0.631. The number of rotatable bonds is 2. The quantitative estimate of drug-likeness (QED) is 0.775. The Kier molecular flexibility index (Phi) is 2.68. The van der Waals surface area contributed by atoms with E-state index in [4.69, 9.17) is 5.11 Å². The zero-order valence-corrected chi connectivity index (χ0v) is 8.16. The predicted octanol–water partition coefficient (Wildman–Crippen LogP) is 1.49. The number of nitrogens with one attached hydrogen (secondary N) is 1. The number of carboxylic acid groups (broad SMARTS) is 1. The Labute approximate surface area is 86.9 Å². The van der Waals surface area contributed by atoms with Crippen LogP contribution in [0.15, 0.2) is 18.2 Å². The summed E-state index contributed by atoms with van der Waals surface area (Å²) in [7, 11) is 0. The second kappa shape index (κ2) is 3.98. The molecule has 1 heterocycles. The molecule has 0 saturated heterocycles. The van der Waals surface area contributed by atoms with Gasteiger partial charge in [0.2, 0.25) is 0 Å². The Hall–Kier alpha value is -1.42. The smallest absolute Gasteiger partial charge is 0.305 e. The molecule has 1 aromatic carbocycles. The Balaban J connectivity index is 2.34. The average molecular weight is 209 g/mol. The normalized spacial score (nSPS) is 19.7. The van der Waals surface area contributed by atoms with Gasteiger partial charge in [-0.3, -0.25) is 4.79 Å². The summed E-state index contributed by atoms with van der Waals surface area (Å²) in [5.41, 5.74) is 1.44. The Bertz CT molecular complexity index is 392. The largest absolute Gasteiger partial charge is 0.481 e. The van der Waals surface area contributed by atoms with Gasteiger partial charge in [0.15, 0.2) is 0 Å². The molecule has 1 unspecified atom stereocenters. The van der Waals surface area contributed by atoms with Crippen LogP contribution in [0.25, 0.3) is 0 Å². The zero-order valence-electron chi connectivity index (χ0n) is 8.16. The lowest BCUT2D eigenvalue weighted by Gasteiger charge is -2.25. The molecule has 0 spiro atoms. The van der Waals surface area contributed by atoms with E-state index in [0.29, 0.717) is 18.5 Å². The third kappa shape index (κ3) is 1.99. The average Bonchev–Trinajstić information content (AvgIpc) is 2.19. The maximum Gasteiger partial charge on any atom is 0.305 e. The summed E-state index contributed by atoms with van der Waals surface area (Å²) in [6, 6.07) is 4.57. The van der Waals surface area contributed by atoms with Gasteiger partial charge in [-0.25, -0.2) is 4.39 Å². The number of carboxylic acids is 1. The van der Waals surface area contributed by atoms with Crippen LogP contribution in [0.4, 0.5) is 4.39 Å². The first-order valence-corrected chi connectivity index (χ1v) is 4.91. The monoisotopic (exact) mass is 209 g/mol. The van der Waals surface area contributed by atoms with Crippen molar-refractivity contribution in [3.8, 4) is 0 Å². The molecule has 80 valence electrons. The van der Waals surface area contributed by atoms with Crippen molar-refractivity contribution in [2.75, 3.05) is 6.54 Å². The second-order valence-electron chi connectivity index (χ2n) is 3.66. The fourth-order valence-corrected chi connectivity index (χ4v) is 2.00. The molecule has 0 saturated carbocycles. The molecule has 0 amide bonds. The first-order chi connectivity index (χ1) is 7.18. The Morgan fingerprint density at radius 2 is 2.40 bits per heavy atom. The molecule has 0 aliphatic carbocycles. The highest BCUT2D eigenvalue weighted by Gasteiger charge is 2.23. The molecule has 0 radical (unpaired) electrons. The van der Waals surface area contributed by atoms with Crippen molar-refractivity contribution in [3.05, 3.63) is 35.1 Å². The van der Waals surface area contributed by atoms with Crippen molar-refractivity contribution in [1.29, 1.82) is 0 Å². The molecule has 4 heteroatoms. The lowest BCUT2D eigenvalue weighted by Crippen LogP contribution is -2.31. The molecule has 2 N–H and O–H groups in total. The number of carbonyl (C=O) groups is 1. The van der Waals surface area contributed by atoms with Gasteiger partial charge in [0.05, 0.1) is 6.42 Å². The highest BCUT2D eigenvalue weighted by atomic mass is 19.1. The fraction of sp³-hybridized carbons (Fsp3) is 0.364. The molecule has 0 fully saturated rings. The third-order valence-electron chi connectivity index (χ3n) is 2.67. The van der Waals surface area contributed by atoms with E-state index in [1.54, 1.807) is 12.1 Å². The van der Waals surface area contributed by atoms with Gasteiger partial charge in [0, 0.05) is 6.04 Å². The molecule has 3 nitrogen and oxygen atoms in total. The number of halogens is 1. The molecular weight excluding hydrogens is 197 g/mol. The van der Waals surface area contributed by atoms with Crippen LogP contribution >= 0.6 is 0 Å². The minimum Gasteiger partial charge on any atom is -0.481 e. The topological polar surface area (TPSA) is 49.3 Å². The van der Waals surface area contributed by atoms with Gasteiger partial charge in [0.25, 0.3) is 0 Å². The molecule has 0 bridgehead atoms. The second-order valence-corrected chi connectivity index (χ2v) is 3.66. The van der Waals surface area contributed by atoms with Crippen molar-refractivity contribution < 1.29 is 14.3 Å². The number of hydrogen-bond donors (Lipinski definition) is 2. The number of benzene rings is 1. The lowest BCUT2D eigenvalue weighted by atomic mass is 9.92. The van der Waals surface area contributed by atoms with Crippen molar-refractivity contribution in [3.63, 3.8) is 0 Å². The highest BCUT2D eigenvalue weighted by molar-refractivity contribution is 5.68. The van der Waals surface area contributed by atoms with E-state index >= 15 is 0 Å². The standard InChI is InChI=1S/C11H12FNO2/c12-9-3-1-2-8-7(9)4-5-13-10(8)6-11(14)15/h1-3,10,13H,4-6H2,(H,14,15). The van der Waals surface area contributed by atoms with Gasteiger partial charge in [-0.15, -0.1) is 0 Å². The van der Waals surface area contributed by atoms with Crippen LogP contribution in [0, 0.1) is 5.82 Å². The molecular formula is C11H12FNO2. The minimum absolute atomic E-state index is 0.00352. The predicted molar refractivity (Wildman–Crippen MR) is 53.1 cm³/mol. The van der Waals surface area contributed by atoms with Crippen molar-refractivity contribution in [1.82, 2.24) is 5.32 Å². The number of aliphatic carboxylic acids is 1. The summed E-state index contributed by atoms with van der Waals surface area (Å²) >= 11 is 0. The van der Waals surface area contributed by atoms with E-state index < -0.39 is 5.97 Å². The summed E-state index contributed by atoms with van der Waals surface area (Å²) < 4.78 is 13.4. The van der Waals surface area contributed by atoms with E-state index in [2.05, 4.69) is 5.32 Å². The SMILES string of the molecule is O=C(O)CC1NCCc2c(F)cccc21. The van der Waals surface area contributed by atoms with Gasteiger partial charge in [-0.1, -0.05) is 12.1 Å². The van der Waals surface area contributed by atoms with Crippen LogP contribution in [0.3, 0.4) is 0 Å². The molecule has 1 aliphatic rings. The number of hydrogen-bond acceptors (Lipinski definition) is 2. The fourth-order valence-electron chi connectivity index (χ4n) is 2.00. The van der Waals surface area contributed by atoms with E-state index in [1.165, 1.54) is 6.07 Å². The van der Waals surface area contributed by atoms with Crippen molar-refractivity contribution >= 4 is 5.97 Å². The van der Waals surface area contributed by atoms with Crippen LogP contribution in [0.5, 0.6) is 0 Å².